The van der Waals surface area contributed by atoms with Crippen molar-refractivity contribution in [3.63, 3.8) is 0 Å². The minimum Gasteiger partial charge on any atom is -0.258 e. The first-order chi connectivity index (χ1) is 9.81. The molecule has 0 spiro atoms. The summed E-state index contributed by atoms with van der Waals surface area (Å²) in [6.07, 6.45) is 2.45. The van der Waals surface area contributed by atoms with Crippen molar-refractivity contribution in [2.45, 2.75) is 11.8 Å². The van der Waals surface area contributed by atoms with Gasteiger partial charge in [0.25, 0.3) is 16.0 Å². The quantitative estimate of drug-likeness (QED) is 0.659. The summed E-state index contributed by atoms with van der Waals surface area (Å²) in [7, 11) is -4.20. The van der Waals surface area contributed by atoms with Crippen molar-refractivity contribution in [3.05, 3.63) is 46.0 Å². The Labute approximate surface area is 118 Å². The lowest BCUT2D eigenvalue weighted by molar-refractivity contribution is -0.387. The Morgan fingerprint density at radius 1 is 1.33 bits per heavy atom. The second-order valence-electron chi connectivity index (χ2n) is 3.90. The van der Waals surface area contributed by atoms with Gasteiger partial charge in [-0.25, -0.2) is 18.1 Å². The molecule has 1 heterocycles. The van der Waals surface area contributed by atoms with Crippen molar-refractivity contribution in [1.29, 1.82) is 0 Å². The maximum atomic E-state index is 13.4. The summed E-state index contributed by atoms with van der Waals surface area (Å²) in [6.45, 7) is 1.31. The van der Waals surface area contributed by atoms with Crippen molar-refractivity contribution in [2.75, 3.05) is 4.72 Å². The number of sulfonamides is 1. The smallest absolute Gasteiger partial charge is 0.258 e. The Hall–Kier alpha value is -2.69. The van der Waals surface area contributed by atoms with Crippen molar-refractivity contribution in [3.8, 4) is 0 Å². The average molecular weight is 313 g/mol. The lowest BCUT2D eigenvalue weighted by Gasteiger charge is -2.08. The molecule has 0 unspecified atom stereocenters. The van der Waals surface area contributed by atoms with Crippen LogP contribution in [0.4, 0.5) is 16.0 Å². The zero-order valence-corrected chi connectivity index (χ0v) is 11.3. The van der Waals surface area contributed by atoms with Crippen molar-refractivity contribution in [2.24, 2.45) is 0 Å². The van der Waals surface area contributed by atoms with Gasteiger partial charge in [-0.1, -0.05) is 0 Å². The van der Waals surface area contributed by atoms with Gasteiger partial charge in [-0.15, -0.1) is 5.10 Å². The van der Waals surface area contributed by atoms with Crippen LogP contribution in [0, 0.1) is 22.9 Å². The van der Waals surface area contributed by atoms with E-state index in [4.69, 9.17) is 0 Å². The maximum absolute atomic E-state index is 13.4. The van der Waals surface area contributed by atoms with E-state index < -0.39 is 31.3 Å². The molecule has 0 saturated carbocycles. The molecule has 0 amide bonds. The first-order valence-corrected chi connectivity index (χ1v) is 6.90. The molecule has 0 fully saturated rings. The number of nitro benzene ring substituents is 1. The molecule has 0 aliphatic heterocycles. The number of nitrogens with one attached hydrogen (secondary N) is 1. The number of aromatic nitrogens is 3. The predicted octanol–water partition coefficient (Wildman–Crippen LogP) is 1.03. The lowest BCUT2D eigenvalue weighted by Crippen LogP contribution is -2.17. The van der Waals surface area contributed by atoms with Gasteiger partial charge in [-0.05, 0) is 18.6 Å². The van der Waals surface area contributed by atoms with Gasteiger partial charge >= 0.3 is 5.69 Å². The van der Waals surface area contributed by atoms with Gasteiger partial charge in [0.1, 0.15) is 0 Å². The summed E-state index contributed by atoms with van der Waals surface area (Å²) >= 11 is 0. The Morgan fingerprint density at radius 2 is 2.05 bits per heavy atom. The van der Waals surface area contributed by atoms with Gasteiger partial charge < -0.3 is 0 Å². The minimum atomic E-state index is -4.20. The number of nitrogens with zero attached hydrogens (tertiary/aromatic N) is 4. The molecule has 1 N–H and O–H groups in total. The molecule has 0 atom stereocenters. The van der Waals surface area contributed by atoms with Crippen LogP contribution < -0.4 is 4.72 Å². The highest BCUT2D eigenvalue weighted by Gasteiger charge is 2.25. The average Bonchev–Trinajstić information content (AvgIpc) is 2.38. The third kappa shape index (κ3) is 3.08. The van der Waals surface area contributed by atoms with Gasteiger partial charge in [0.15, 0.2) is 0 Å². The molecule has 2 rings (SSSR count). The van der Waals surface area contributed by atoms with E-state index in [1.807, 2.05) is 4.72 Å². The van der Waals surface area contributed by atoms with Gasteiger partial charge in [0.2, 0.25) is 5.82 Å². The number of benzene rings is 1. The molecule has 11 heteroatoms. The molecule has 0 bridgehead atoms. The molecule has 0 radical (unpaired) electrons. The Bertz CT molecular complexity index is 797. The predicted molar refractivity (Wildman–Crippen MR) is 68.4 cm³/mol. The summed E-state index contributed by atoms with van der Waals surface area (Å²) in [6, 6.07) is 1.42. The van der Waals surface area contributed by atoms with E-state index in [0.29, 0.717) is 6.07 Å². The molecule has 0 aliphatic carbocycles. The van der Waals surface area contributed by atoms with Crippen LogP contribution in [-0.2, 0) is 10.0 Å². The first kappa shape index (κ1) is 14.7. The van der Waals surface area contributed by atoms with E-state index in [1.54, 1.807) is 0 Å². The van der Waals surface area contributed by atoms with Gasteiger partial charge in [0, 0.05) is 6.07 Å². The molecule has 1 aromatic heterocycles. The Balaban J connectivity index is 2.50. The van der Waals surface area contributed by atoms with Crippen LogP contribution >= 0.6 is 0 Å². The number of halogens is 1. The van der Waals surface area contributed by atoms with Crippen LogP contribution in [-0.4, -0.2) is 28.5 Å². The normalized spacial score (nSPS) is 11.1. The summed E-state index contributed by atoms with van der Waals surface area (Å²) in [4.78, 5) is 12.9. The zero-order chi connectivity index (χ0) is 15.6. The van der Waals surface area contributed by atoms with Crippen molar-refractivity contribution >= 4 is 21.7 Å². The van der Waals surface area contributed by atoms with Crippen LogP contribution in [0.2, 0.25) is 0 Å². The molecule has 1 aromatic carbocycles. The zero-order valence-electron chi connectivity index (χ0n) is 10.5. The van der Waals surface area contributed by atoms with Gasteiger partial charge in [0.05, 0.1) is 22.2 Å². The fourth-order valence-corrected chi connectivity index (χ4v) is 2.73. The number of hydrogen-bond donors (Lipinski definition) is 1. The van der Waals surface area contributed by atoms with Gasteiger partial charge in [-0.3, -0.25) is 10.1 Å². The second kappa shape index (κ2) is 5.36. The number of hydrogen-bond acceptors (Lipinski definition) is 7. The highest BCUT2D eigenvalue weighted by atomic mass is 32.2. The topological polar surface area (TPSA) is 128 Å². The van der Waals surface area contributed by atoms with Crippen LogP contribution in [0.5, 0.6) is 0 Å². The molecule has 2 aromatic rings. The Morgan fingerprint density at radius 3 is 2.62 bits per heavy atom. The van der Waals surface area contributed by atoms with Gasteiger partial charge in [-0.2, -0.15) is 9.49 Å². The highest BCUT2D eigenvalue weighted by Crippen LogP contribution is 2.26. The highest BCUT2D eigenvalue weighted by molar-refractivity contribution is 7.92. The van der Waals surface area contributed by atoms with E-state index in [9.17, 15) is 22.9 Å². The van der Waals surface area contributed by atoms with E-state index >= 15 is 0 Å². The van der Waals surface area contributed by atoms with E-state index in [-0.39, 0.29) is 11.5 Å². The number of rotatable bonds is 4. The third-order valence-electron chi connectivity index (χ3n) is 2.44. The molecule has 0 saturated heterocycles. The standard InChI is InChI=1S/C10H8FN5O4S/c1-6-4-7(11)8(16(17)18)5-9(6)21(19,20)15-10-12-2-3-13-14-10/h2-5H,1H3,(H,12,14,15). The van der Waals surface area contributed by atoms with E-state index in [0.717, 1.165) is 6.07 Å². The van der Waals surface area contributed by atoms with Crippen molar-refractivity contribution in [1.82, 2.24) is 15.2 Å². The number of nitro groups is 1. The first-order valence-electron chi connectivity index (χ1n) is 5.42. The lowest BCUT2D eigenvalue weighted by atomic mass is 10.2. The molecule has 110 valence electrons. The molecular formula is C10H8FN5O4S. The van der Waals surface area contributed by atoms with Crippen molar-refractivity contribution < 1.29 is 17.7 Å². The van der Waals surface area contributed by atoms with E-state index in [2.05, 4.69) is 15.2 Å². The van der Waals surface area contributed by atoms with Crippen LogP contribution in [0.1, 0.15) is 5.56 Å². The monoisotopic (exact) mass is 313 g/mol. The molecule has 0 aliphatic rings. The summed E-state index contributed by atoms with van der Waals surface area (Å²) < 4.78 is 39.7. The molecule has 9 nitrogen and oxygen atoms in total. The molecule has 21 heavy (non-hydrogen) atoms. The SMILES string of the molecule is Cc1cc(F)c([N+](=O)[O-])cc1S(=O)(=O)Nc1nccnn1. The summed E-state index contributed by atoms with van der Waals surface area (Å²) in [5.74, 6) is -1.42. The Kier molecular flexibility index (Phi) is 3.76. The minimum absolute atomic E-state index is 0.00879. The number of anilines is 1. The van der Waals surface area contributed by atoms with Crippen LogP contribution in [0.3, 0.4) is 0 Å². The largest absolute Gasteiger partial charge is 0.306 e. The van der Waals surface area contributed by atoms with E-state index in [1.165, 1.54) is 19.3 Å². The fourth-order valence-electron chi connectivity index (χ4n) is 1.54. The van der Waals surface area contributed by atoms with Crippen LogP contribution in [0.25, 0.3) is 0 Å². The number of aryl methyl sites for hydroxylation is 1. The molecular weight excluding hydrogens is 305 g/mol. The third-order valence-corrected chi connectivity index (χ3v) is 3.91. The fraction of sp³-hybridized carbons (Fsp3) is 0.100. The van der Waals surface area contributed by atoms with Crippen LogP contribution in [0.15, 0.2) is 29.4 Å². The summed E-state index contributed by atoms with van der Waals surface area (Å²) in [5, 5.41) is 17.6. The maximum Gasteiger partial charge on any atom is 0.306 e. The summed E-state index contributed by atoms with van der Waals surface area (Å²) in [5.41, 5.74) is -0.928. The second-order valence-corrected chi connectivity index (χ2v) is 5.55.